The molecule has 2 aliphatic rings. The van der Waals surface area contributed by atoms with Crippen LogP contribution in [0.2, 0.25) is 0 Å². The zero-order valence-electron chi connectivity index (χ0n) is 24.8. The van der Waals surface area contributed by atoms with Gasteiger partial charge < -0.3 is 24.3 Å². The topological polar surface area (TPSA) is 125 Å². The van der Waals surface area contributed by atoms with Gasteiger partial charge >= 0.3 is 4.87 Å². The highest BCUT2D eigenvalue weighted by Gasteiger charge is 2.57. The quantitative estimate of drug-likeness (QED) is 0.264. The molecule has 0 aliphatic carbocycles. The van der Waals surface area contributed by atoms with E-state index in [-0.39, 0.29) is 17.3 Å². The number of rotatable bonds is 9. The van der Waals surface area contributed by atoms with Crippen LogP contribution in [0.3, 0.4) is 0 Å². The number of carbonyl (C=O) groups excluding carboxylic acids is 3. The number of thioether (sulfide) groups is 1. The average molecular weight is 648 g/mol. The first kappa shape index (κ1) is 30.3. The summed E-state index contributed by atoms with van der Waals surface area (Å²) in [5.41, 5.74) is 1.64. The lowest BCUT2D eigenvalue weighted by Crippen LogP contribution is -2.33. The number of thiazole rings is 1. The van der Waals surface area contributed by atoms with Gasteiger partial charge in [0.1, 0.15) is 23.3 Å². The Hall–Kier alpha value is -4.75. The molecule has 1 aromatic heterocycles. The molecular formula is C32H29N3O8S2. The normalized spacial score (nSPS) is 18.7. The minimum atomic E-state index is -0.838. The van der Waals surface area contributed by atoms with Crippen LogP contribution in [0.1, 0.15) is 16.4 Å². The Labute approximate surface area is 266 Å². The maximum Gasteiger partial charge on any atom is 0.308 e. The van der Waals surface area contributed by atoms with Crippen LogP contribution in [0.25, 0.3) is 0 Å². The summed E-state index contributed by atoms with van der Waals surface area (Å²) in [5.74, 6) is -0.485. The third-order valence-electron chi connectivity index (χ3n) is 7.82. The lowest BCUT2D eigenvalue weighted by Gasteiger charge is -2.31. The summed E-state index contributed by atoms with van der Waals surface area (Å²) >= 11 is 2.12. The molecule has 232 valence electrons. The largest absolute Gasteiger partial charge is 0.497 e. The molecular weight excluding hydrogens is 618 g/mol. The highest BCUT2D eigenvalue weighted by Crippen LogP contribution is 2.54. The van der Waals surface area contributed by atoms with Gasteiger partial charge in [0.2, 0.25) is 17.7 Å². The molecule has 3 atom stereocenters. The molecule has 1 saturated heterocycles. The summed E-state index contributed by atoms with van der Waals surface area (Å²) in [6.45, 7) is -0.274. The fourth-order valence-electron chi connectivity index (χ4n) is 5.66. The van der Waals surface area contributed by atoms with Crippen LogP contribution in [-0.2, 0) is 20.9 Å². The number of anilines is 2. The van der Waals surface area contributed by atoms with E-state index in [0.717, 1.165) is 23.1 Å². The van der Waals surface area contributed by atoms with Gasteiger partial charge in [0, 0.05) is 16.5 Å². The number of amides is 3. The number of fused-ring (bicyclic) bond motifs is 2. The first-order valence-corrected chi connectivity index (χ1v) is 15.6. The molecule has 3 amide bonds. The van der Waals surface area contributed by atoms with E-state index in [9.17, 15) is 19.2 Å². The SMILES string of the molecule is COc1ccc(NC(=O)Cn2c3c(sc2=O)C(c2ccc(OC)c(OC)c2)C2C(=O)N(c4ccc(OC)cc4)C(=O)C2S3)cc1. The number of methoxy groups -OCH3 is 4. The van der Waals surface area contributed by atoms with Gasteiger partial charge in [-0.3, -0.25) is 23.7 Å². The Bertz CT molecular complexity index is 1830. The number of ether oxygens (including phenoxy) is 4. The van der Waals surface area contributed by atoms with Crippen LogP contribution in [0.5, 0.6) is 23.0 Å². The van der Waals surface area contributed by atoms with E-state index in [1.807, 2.05) is 6.07 Å². The molecule has 3 unspecified atom stereocenters. The van der Waals surface area contributed by atoms with Crippen LogP contribution < -0.4 is 34.0 Å². The van der Waals surface area contributed by atoms with Gasteiger partial charge in [-0.05, 0) is 66.2 Å². The van der Waals surface area contributed by atoms with Crippen LogP contribution in [0.15, 0.2) is 76.6 Å². The van der Waals surface area contributed by atoms with Crippen molar-refractivity contribution in [3.63, 3.8) is 0 Å². The molecule has 3 aromatic carbocycles. The van der Waals surface area contributed by atoms with Crippen molar-refractivity contribution in [2.45, 2.75) is 22.7 Å². The summed E-state index contributed by atoms with van der Waals surface area (Å²) in [6, 6.07) is 18.8. The molecule has 1 N–H and O–H groups in total. The predicted octanol–water partition coefficient (Wildman–Crippen LogP) is 4.38. The van der Waals surface area contributed by atoms with Gasteiger partial charge in [-0.1, -0.05) is 29.2 Å². The molecule has 6 rings (SSSR count). The highest BCUT2D eigenvalue weighted by atomic mass is 32.2. The smallest absolute Gasteiger partial charge is 0.308 e. The first-order valence-electron chi connectivity index (χ1n) is 13.9. The zero-order chi connectivity index (χ0) is 31.8. The van der Waals surface area contributed by atoms with E-state index in [0.29, 0.717) is 49.8 Å². The van der Waals surface area contributed by atoms with E-state index < -0.39 is 28.9 Å². The fraction of sp³-hybridized carbons (Fsp3) is 0.250. The first-order chi connectivity index (χ1) is 21.8. The number of imide groups is 1. The maximum atomic E-state index is 14.1. The Morgan fingerprint density at radius 3 is 2.07 bits per heavy atom. The molecule has 0 bridgehead atoms. The Balaban J connectivity index is 1.41. The van der Waals surface area contributed by atoms with Gasteiger partial charge in [0.25, 0.3) is 0 Å². The molecule has 0 spiro atoms. The van der Waals surface area contributed by atoms with Crippen molar-refractivity contribution in [3.05, 3.63) is 86.8 Å². The fourth-order valence-corrected chi connectivity index (χ4v) is 8.44. The molecule has 0 radical (unpaired) electrons. The number of nitrogens with one attached hydrogen (secondary N) is 1. The second-order valence-electron chi connectivity index (χ2n) is 10.3. The number of hydrogen-bond acceptors (Lipinski definition) is 10. The van der Waals surface area contributed by atoms with Gasteiger partial charge in [0.05, 0.1) is 45.1 Å². The minimum absolute atomic E-state index is 0.274. The van der Waals surface area contributed by atoms with E-state index in [2.05, 4.69) is 5.32 Å². The number of nitrogens with zero attached hydrogens (tertiary/aromatic N) is 2. The second-order valence-corrected chi connectivity index (χ2v) is 12.4. The average Bonchev–Trinajstić information content (AvgIpc) is 3.50. The number of hydrogen-bond donors (Lipinski definition) is 1. The zero-order valence-corrected chi connectivity index (χ0v) is 26.4. The van der Waals surface area contributed by atoms with Crippen LogP contribution in [0, 0.1) is 5.92 Å². The second kappa shape index (κ2) is 12.3. The molecule has 0 saturated carbocycles. The molecule has 2 aliphatic heterocycles. The van der Waals surface area contributed by atoms with Gasteiger partial charge in [-0.15, -0.1) is 0 Å². The Morgan fingerprint density at radius 2 is 1.44 bits per heavy atom. The number of benzene rings is 3. The van der Waals surface area contributed by atoms with Crippen molar-refractivity contribution in [1.29, 1.82) is 0 Å². The van der Waals surface area contributed by atoms with Crippen molar-refractivity contribution < 1.29 is 33.3 Å². The Morgan fingerprint density at radius 1 is 0.800 bits per heavy atom. The molecule has 45 heavy (non-hydrogen) atoms. The van der Waals surface area contributed by atoms with Gasteiger partial charge in [-0.2, -0.15) is 0 Å². The molecule has 1 fully saturated rings. The summed E-state index contributed by atoms with van der Waals surface area (Å²) in [5, 5.41) is 2.45. The van der Waals surface area contributed by atoms with Crippen molar-refractivity contribution >= 4 is 52.2 Å². The lowest BCUT2D eigenvalue weighted by atomic mass is 9.83. The van der Waals surface area contributed by atoms with Gasteiger partial charge in [-0.25, -0.2) is 4.90 Å². The van der Waals surface area contributed by atoms with Crippen LogP contribution in [-0.4, -0.2) is 56.0 Å². The predicted molar refractivity (Wildman–Crippen MR) is 170 cm³/mol. The molecule has 4 aromatic rings. The monoisotopic (exact) mass is 647 g/mol. The van der Waals surface area contributed by atoms with Crippen LogP contribution in [0.4, 0.5) is 11.4 Å². The third-order valence-corrected chi connectivity index (χ3v) is 10.4. The highest BCUT2D eigenvalue weighted by molar-refractivity contribution is 8.00. The van der Waals surface area contributed by atoms with E-state index in [1.54, 1.807) is 67.8 Å². The van der Waals surface area contributed by atoms with Gasteiger partial charge in [0.15, 0.2) is 11.5 Å². The number of aromatic nitrogens is 1. The van der Waals surface area contributed by atoms with Crippen molar-refractivity contribution in [3.8, 4) is 23.0 Å². The lowest BCUT2D eigenvalue weighted by molar-refractivity contribution is -0.122. The van der Waals surface area contributed by atoms with Crippen molar-refractivity contribution in [1.82, 2.24) is 4.57 Å². The summed E-state index contributed by atoms with van der Waals surface area (Å²) in [6.07, 6.45) is 0. The summed E-state index contributed by atoms with van der Waals surface area (Å²) < 4.78 is 22.8. The van der Waals surface area contributed by atoms with E-state index in [4.69, 9.17) is 18.9 Å². The standard InChI is InChI=1S/C32H29N3O8S2/c1-40-20-10-6-18(7-11-20)33-24(36)16-34-31-28(45-32(34)39)25(17-5-14-22(42-3)23(15-17)43-4)26-27(44-31)30(38)35(29(26)37)19-8-12-21(41-2)13-9-19/h5-15,25-27H,16H2,1-4H3,(H,33,36). The molecule has 11 nitrogen and oxygen atoms in total. The van der Waals surface area contributed by atoms with E-state index >= 15 is 0 Å². The third kappa shape index (κ3) is 5.42. The number of carbonyl (C=O) groups is 3. The van der Waals surface area contributed by atoms with Crippen molar-refractivity contribution in [2.24, 2.45) is 5.92 Å². The van der Waals surface area contributed by atoms with E-state index in [1.165, 1.54) is 30.8 Å². The summed E-state index contributed by atoms with van der Waals surface area (Å²) in [7, 11) is 6.13. The van der Waals surface area contributed by atoms with Crippen LogP contribution >= 0.6 is 23.1 Å². The summed E-state index contributed by atoms with van der Waals surface area (Å²) in [4.78, 5) is 56.1. The minimum Gasteiger partial charge on any atom is -0.497 e. The van der Waals surface area contributed by atoms with Crippen molar-refractivity contribution in [2.75, 3.05) is 38.7 Å². The molecule has 3 heterocycles. The Kier molecular flexibility index (Phi) is 8.30. The molecule has 13 heteroatoms. The maximum absolute atomic E-state index is 14.1.